The maximum absolute atomic E-state index is 13.2. The molecule has 1 fully saturated rings. The normalized spacial score (nSPS) is 15.7. The number of carbonyl (C=O) groups excluding carboxylic acids is 2. The minimum absolute atomic E-state index is 0.0571. The number of carbonyl (C=O) groups is 2. The molecule has 9 heteroatoms. The second-order valence-corrected chi connectivity index (χ2v) is 11.8. The Morgan fingerprint density at radius 2 is 1.77 bits per heavy atom. The highest BCUT2D eigenvalue weighted by Gasteiger charge is 2.33. The van der Waals surface area contributed by atoms with E-state index in [0.717, 1.165) is 23.1 Å². The monoisotopic (exact) mass is 534 g/mol. The second kappa shape index (κ2) is 12.2. The fourth-order valence-electron chi connectivity index (χ4n) is 4.23. The quantitative estimate of drug-likeness (QED) is 0.496. The lowest BCUT2D eigenvalue weighted by molar-refractivity contribution is 0.0196. The summed E-state index contributed by atoms with van der Waals surface area (Å²) in [5.74, 6) is 0.124. The number of phenols is 1. The summed E-state index contributed by atoms with van der Waals surface area (Å²) < 4.78 is 11.2. The number of nitriles is 1. The van der Waals surface area contributed by atoms with Crippen LogP contribution in [0.4, 0.5) is 9.59 Å². The van der Waals surface area contributed by atoms with Gasteiger partial charge in [-0.05, 0) is 94.8 Å². The molecule has 2 aromatic rings. The molecule has 0 aliphatic carbocycles. The third-order valence-corrected chi connectivity index (χ3v) is 5.80. The summed E-state index contributed by atoms with van der Waals surface area (Å²) in [6.07, 6.45) is 6.69. The predicted molar refractivity (Wildman–Crippen MR) is 149 cm³/mol. The highest BCUT2D eigenvalue weighted by molar-refractivity contribution is 5.71. The SMILES string of the molecule is CC(C)(C)OC(=O)N1CCC(CN(Cc2cc(O)cc(C=Cc3cncc(C#N)c3)c2)C(=O)OC(C)(C)C)C1. The van der Waals surface area contributed by atoms with Gasteiger partial charge in [0.05, 0.1) is 5.56 Å². The number of hydrogen-bond acceptors (Lipinski definition) is 7. The molecule has 1 N–H and O–H groups in total. The molecule has 9 nitrogen and oxygen atoms in total. The molecular weight excluding hydrogens is 496 g/mol. The molecule has 1 atom stereocenters. The molecule has 0 radical (unpaired) electrons. The Hall–Kier alpha value is -4.06. The molecule has 39 heavy (non-hydrogen) atoms. The van der Waals surface area contributed by atoms with E-state index in [0.29, 0.717) is 25.2 Å². The summed E-state index contributed by atoms with van der Waals surface area (Å²) in [7, 11) is 0. The predicted octanol–water partition coefficient (Wildman–Crippen LogP) is 5.82. The van der Waals surface area contributed by atoms with E-state index in [2.05, 4.69) is 11.1 Å². The van der Waals surface area contributed by atoms with Crippen LogP contribution in [-0.2, 0) is 16.0 Å². The Morgan fingerprint density at radius 3 is 2.44 bits per heavy atom. The van der Waals surface area contributed by atoms with Gasteiger partial charge in [0.1, 0.15) is 23.0 Å². The molecule has 1 aromatic heterocycles. The van der Waals surface area contributed by atoms with E-state index in [1.54, 1.807) is 34.2 Å². The van der Waals surface area contributed by atoms with Crippen molar-refractivity contribution in [1.82, 2.24) is 14.8 Å². The number of benzene rings is 1. The Morgan fingerprint density at radius 1 is 1.08 bits per heavy atom. The number of ether oxygens (including phenoxy) is 2. The van der Waals surface area contributed by atoms with E-state index in [1.165, 1.54) is 6.20 Å². The summed E-state index contributed by atoms with van der Waals surface area (Å²) in [6.45, 7) is 12.6. The van der Waals surface area contributed by atoms with Gasteiger partial charge >= 0.3 is 12.2 Å². The molecule has 1 aromatic carbocycles. The zero-order chi connectivity index (χ0) is 28.8. The first-order valence-corrected chi connectivity index (χ1v) is 13.0. The molecule has 3 rings (SSSR count). The molecular formula is C30H38N4O5. The Labute approximate surface area is 230 Å². The topological polar surface area (TPSA) is 116 Å². The number of phenolic OH excluding ortho intramolecular Hbond substituents is 1. The minimum atomic E-state index is -0.674. The standard InChI is InChI=1S/C30H38N4O5/c1-29(2,3)38-27(36)33-10-9-23(18-33)19-34(28(37)39-30(4,5)6)20-24-11-21(13-26(35)14-24)7-8-22-12-25(15-31)17-32-16-22/h7-8,11-14,16-17,23,35H,9-10,18-20H2,1-6H3. The van der Waals surface area contributed by atoms with Gasteiger partial charge in [-0.15, -0.1) is 0 Å². The number of hydrogen-bond donors (Lipinski definition) is 1. The molecule has 2 amide bonds. The molecule has 0 bridgehead atoms. The van der Waals surface area contributed by atoms with Crippen LogP contribution in [0.25, 0.3) is 12.2 Å². The first kappa shape index (κ1) is 29.5. The lowest BCUT2D eigenvalue weighted by Gasteiger charge is -2.29. The summed E-state index contributed by atoms with van der Waals surface area (Å²) in [4.78, 5) is 33.1. The lowest BCUT2D eigenvalue weighted by Crippen LogP contribution is -2.40. The van der Waals surface area contributed by atoms with E-state index < -0.39 is 17.3 Å². The third-order valence-electron chi connectivity index (χ3n) is 5.80. The average molecular weight is 535 g/mol. The molecule has 1 unspecified atom stereocenters. The van der Waals surface area contributed by atoms with Crippen LogP contribution in [0.2, 0.25) is 0 Å². The fourth-order valence-corrected chi connectivity index (χ4v) is 4.23. The summed E-state index contributed by atoms with van der Waals surface area (Å²) in [6, 6.07) is 8.91. The highest BCUT2D eigenvalue weighted by Crippen LogP contribution is 2.25. The van der Waals surface area contributed by atoms with Crippen LogP contribution >= 0.6 is 0 Å². The van der Waals surface area contributed by atoms with E-state index in [-0.39, 0.29) is 24.3 Å². The smallest absolute Gasteiger partial charge is 0.410 e. The van der Waals surface area contributed by atoms with Crippen molar-refractivity contribution in [1.29, 1.82) is 5.26 Å². The maximum atomic E-state index is 13.2. The van der Waals surface area contributed by atoms with Crippen molar-refractivity contribution in [2.24, 2.45) is 5.92 Å². The van der Waals surface area contributed by atoms with Crippen molar-refractivity contribution >= 4 is 24.3 Å². The van der Waals surface area contributed by atoms with Crippen LogP contribution in [-0.4, -0.2) is 62.9 Å². The van der Waals surface area contributed by atoms with E-state index in [4.69, 9.17) is 14.7 Å². The zero-order valence-electron chi connectivity index (χ0n) is 23.6. The van der Waals surface area contributed by atoms with Gasteiger partial charge in [0.2, 0.25) is 0 Å². The first-order chi connectivity index (χ1) is 18.2. The second-order valence-electron chi connectivity index (χ2n) is 11.8. The third kappa shape index (κ3) is 9.64. The van der Waals surface area contributed by atoms with Gasteiger partial charge in [-0.1, -0.05) is 12.2 Å². The van der Waals surface area contributed by atoms with Gasteiger partial charge in [0.25, 0.3) is 0 Å². The molecule has 0 saturated carbocycles. The van der Waals surface area contributed by atoms with Gasteiger partial charge in [-0.2, -0.15) is 5.26 Å². The lowest BCUT2D eigenvalue weighted by atomic mass is 10.1. The van der Waals surface area contributed by atoms with Gasteiger partial charge < -0.3 is 24.4 Å². The number of likely N-dealkylation sites (tertiary alicyclic amines) is 1. The Balaban J connectivity index is 1.77. The van der Waals surface area contributed by atoms with Crippen molar-refractivity contribution in [2.75, 3.05) is 19.6 Å². The van der Waals surface area contributed by atoms with E-state index in [9.17, 15) is 14.7 Å². The molecule has 1 aliphatic heterocycles. The van der Waals surface area contributed by atoms with Gasteiger partial charge in [-0.3, -0.25) is 4.98 Å². The number of nitrogens with zero attached hydrogens (tertiary/aromatic N) is 4. The van der Waals surface area contributed by atoms with Gasteiger partial charge in [-0.25, -0.2) is 9.59 Å². The van der Waals surface area contributed by atoms with Crippen LogP contribution in [0.5, 0.6) is 5.75 Å². The zero-order valence-corrected chi connectivity index (χ0v) is 23.6. The van der Waals surface area contributed by atoms with Gasteiger partial charge in [0, 0.05) is 38.6 Å². The molecule has 1 aliphatic rings. The number of aromatic nitrogens is 1. The van der Waals surface area contributed by atoms with Crippen LogP contribution in [0.15, 0.2) is 36.7 Å². The summed E-state index contributed by atoms with van der Waals surface area (Å²) in [5.41, 5.74) is 1.42. The molecule has 2 heterocycles. The van der Waals surface area contributed by atoms with Crippen LogP contribution < -0.4 is 0 Å². The summed E-state index contributed by atoms with van der Waals surface area (Å²) in [5, 5.41) is 19.5. The summed E-state index contributed by atoms with van der Waals surface area (Å²) >= 11 is 0. The van der Waals surface area contributed by atoms with Crippen molar-refractivity contribution in [3.8, 4) is 11.8 Å². The maximum Gasteiger partial charge on any atom is 0.410 e. The molecule has 0 spiro atoms. The number of aromatic hydroxyl groups is 1. The van der Waals surface area contributed by atoms with E-state index in [1.807, 2.05) is 59.8 Å². The van der Waals surface area contributed by atoms with Crippen molar-refractivity contribution in [3.63, 3.8) is 0 Å². The number of pyridine rings is 1. The Bertz CT molecular complexity index is 1250. The van der Waals surface area contributed by atoms with E-state index >= 15 is 0 Å². The number of amides is 2. The van der Waals surface area contributed by atoms with Gasteiger partial charge in [0.15, 0.2) is 0 Å². The van der Waals surface area contributed by atoms with Crippen molar-refractivity contribution in [3.05, 3.63) is 58.9 Å². The molecule has 208 valence electrons. The van der Waals surface area contributed by atoms with Crippen LogP contribution in [0.3, 0.4) is 0 Å². The largest absolute Gasteiger partial charge is 0.508 e. The molecule has 1 saturated heterocycles. The average Bonchev–Trinajstić information content (AvgIpc) is 3.29. The van der Waals surface area contributed by atoms with Crippen molar-refractivity contribution in [2.45, 2.75) is 65.7 Å². The van der Waals surface area contributed by atoms with Crippen LogP contribution in [0, 0.1) is 17.2 Å². The highest BCUT2D eigenvalue weighted by atomic mass is 16.6. The minimum Gasteiger partial charge on any atom is -0.508 e. The van der Waals surface area contributed by atoms with Crippen LogP contribution in [0.1, 0.15) is 70.2 Å². The fraction of sp³-hybridized carbons (Fsp3) is 0.467. The van der Waals surface area contributed by atoms with Crippen molar-refractivity contribution < 1.29 is 24.2 Å². The Kier molecular flexibility index (Phi) is 9.23. The first-order valence-electron chi connectivity index (χ1n) is 13.0. The number of rotatable bonds is 6.